The Hall–Kier alpha value is -2.05. The van der Waals surface area contributed by atoms with Gasteiger partial charge in [-0.1, -0.05) is 6.07 Å². The quantitative estimate of drug-likeness (QED) is 0.888. The Kier molecular flexibility index (Phi) is 5.15. The van der Waals surface area contributed by atoms with E-state index in [4.69, 9.17) is 4.74 Å². The molecule has 2 heterocycles. The van der Waals surface area contributed by atoms with Crippen molar-refractivity contribution in [2.75, 3.05) is 44.7 Å². The lowest BCUT2D eigenvalue weighted by Crippen LogP contribution is -2.42. The molecule has 124 valence electrons. The molecule has 6 heteroatoms. The summed E-state index contributed by atoms with van der Waals surface area (Å²) in [6.07, 6.45) is 2.07. The molecular weight excluding hydrogens is 292 g/mol. The number of aryl methyl sites for hydroxylation is 1. The fourth-order valence-corrected chi connectivity index (χ4v) is 2.87. The van der Waals surface area contributed by atoms with E-state index in [2.05, 4.69) is 39.3 Å². The van der Waals surface area contributed by atoms with Gasteiger partial charge < -0.3 is 19.9 Å². The van der Waals surface area contributed by atoms with Crippen LogP contribution in [0.2, 0.25) is 0 Å². The summed E-state index contributed by atoms with van der Waals surface area (Å²) < 4.78 is 7.47. The van der Waals surface area contributed by atoms with Gasteiger partial charge in [-0.2, -0.15) is 0 Å². The highest BCUT2D eigenvalue weighted by molar-refractivity contribution is 5.92. The Morgan fingerprint density at radius 1 is 1.26 bits per heavy atom. The van der Waals surface area contributed by atoms with Crippen LogP contribution >= 0.6 is 0 Å². The van der Waals surface area contributed by atoms with E-state index in [0.717, 1.165) is 50.6 Å². The number of hydrogen-bond donors (Lipinski definition) is 2. The van der Waals surface area contributed by atoms with Gasteiger partial charge in [-0.15, -0.1) is 0 Å². The molecule has 6 nitrogen and oxygen atoms in total. The van der Waals surface area contributed by atoms with E-state index in [1.807, 2.05) is 18.2 Å². The first-order valence-corrected chi connectivity index (χ1v) is 8.20. The molecule has 23 heavy (non-hydrogen) atoms. The highest BCUT2D eigenvalue weighted by Gasteiger charge is 2.10. The fourth-order valence-electron chi connectivity index (χ4n) is 2.87. The van der Waals surface area contributed by atoms with Crippen molar-refractivity contribution in [1.82, 2.24) is 14.8 Å². The zero-order valence-electron chi connectivity index (χ0n) is 13.5. The first-order chi connectivity index (χ1) is 11.3. The molecule has 0 unspecified atom stereocenters. The number of fused-ring (bicyclic) bond motifs is 1. The zero-order valence-corrected chi connectivity index (χ0v) is 13.5. The van der Waals surface area contributed by atoms with Gasteiger partial charge in [-0.3, -0.25) is 4.90 Å². The monoisotopic (exact) mass is 316 g/mol. The van der Waals surface area contributed by atoms with Crippen LogP contribution in [-0.2, 0) is 11.3 Å². The maximum absolute atomic E-state index is 12.0. The summed E-state index contributed by atoms with van der Waals surface area (Å²) in [5.41, 5.74) is 1.95. The van der Waals surface area contributed by atoms with Crippen LogP contribution < -0.4 is 10.6 Å². The first kappa shape index (κ1) is 15.8. The molecule has 1 saturated heterocycles. The number of nitrogens with one attached hydrogen (secondary N) is 2. The molecular formula is C17H24N4O2. The van der Waals surface area contributed by atoms with Crippen molar-refractivity contribution < 1.29 is 9.53 Å². The van der Waals surface area contributed by atoms with Gasteiger partial charge >= 0.3 is 6.03 Å². The maximum atomic E-state index is 12.0. The number of benzene rings is 1. The van der Waals surface area contributed by atoms with Crippen LogP contribution in [0.5, 0.6) is 0 Å². The third-order valence-corrected chi connectivity index (χ3v) is 4.19. The topological polar surface area (TPSA) is 58.5 Å². The standard InChI is InChI=1S/C17H24N4O2/c1-2-21-7-5-14-3-4-15(13-16(14)21)19-17(22)18-6-8-20-9-11-23-12-10-20/h3-5,7,13H,2,6,8-12H2,1H3,(H2,18,19,22). The molecule has 1 fully saturated rings. The van der Waals surface area contributed by atoms with E-state index in [9.17, 15) is 4.79 Å². The highest BCUT2D eigenvalue weighted by atomic mass is 16.5. The first-order valence-electron chi connectivity index (χ1n) is 8.20. The summed E-state index contributed by atoms with van der Waals surface area (Å²) in [6.45, 7) is 7.96. The number of hydrogen-bond acceptors (Lipinski definition) is 3. The van der Waals surface area contributed by atoms with Crippen molar-refractivity contribution in [3.63, 3.8) is 0 Å². The number of urea groups is 1. The molecule has 0 atom stereocenters. The lowest BCUT2D eigenvalue weighted by atomic mass is 10.2. The van der Waals surface area contributed by atoms with Crippen molar-refractivity contribution >= 4 is 22.6 Å². The predicted octanol–water partition coefficient (Wildman–Crippen LogP) is 2.11. The molecule has 2 aromatic rings. The zero-order chi connectivity index (χ0) is 16.1. The lowest BCUT2D eigenvalue weighted by molar-refractivity contribution is 0.0388. The van der Waals surface area contributed by atoms with Crippen molar-refractivity contribution in [1.29, 1.82) is 0 Å². The normalized spacial score (nSPS) is 15.7. The number of ether oxygens (including phenoxy) is 1. The average Bonchev–Trinajstić information content (AvgIpc) is 2.98. The van der Waals surface area contributed by atoms with E-state index in [-0.39, 0.29) is 6.03 Å². The van der Waals surface area contributed by atoms with Crippen LogP contribution in [0.4, 0.5) is 10.5 Å². The van der Waals surface area contributed by atoms with E-state index in [0.29, 0.717) is 6.54 Å². The van der Waals surface area contributed by atoms with Crippen LogP contribution in [0.3, 0.4) is 0 Å². The van der Waals surface area contributed by atoms with Crippen molar-refractivity contribution in [2.24, 2.45) is 0 Å². The molecule has 1 aromatic heterocycles. The Morgan fingerprint density at radius 3 is 2.87 bits per heavy atom. The Balaban J connectivity index is 1.51. The minimum atomic E-state index is -0.160. The molecule has 2 N–H and O–H groups in total. The molecule has 0 radical (unpaired) electrons. The van der Waals surface area contributed by atoms with Crippen molar-refractivity contribution in [3.8, 4) is 0 Å². The number of amides is 2. The molecule has 3 rings (SSSR count). The predicted molar refractivity (Wildman–Crippen MR) is 91.9 cm³/mol. The Bertz CT molecular complexity index is 662. The van der Waals surface area contributed by atoms with Gasteiger partial charge in [0.15, 0.2) is 0 Å². The summed E-state index contributed by atoms with van der Waals surface area (Å²) in [7, 11) is 0. The minimum absolute atomic E-state index is 0.160. The number of carbonyl (C=O) groups excluding carboxylic acids is 1. The second kappa shape index (κ2) is 7.48. The summed E-state index contributed by atoms with van der Waals surface area (Å²) in [5.74, 6) is 0. The molecule has 2 amide bonds. The number of aromatic nitrogens is 1. The molecule has 0 spiro atoms. The van der Waals surface area contributed by atoms with E-state index in [1.165, 1.54) is 5.39 Å². The van der Waals surface area contributed by atoms with Crippen molar-refractivity contribution in [2.45, 2.75) is 13.5 Å². The molecule has 0 saturated carbocycles. The van der Waals surface area contributed by atoms with Gasteiger partial charge in [0.2, 0.25) is 0 Å². The van der Waals surface area contributed by atoms with E-state index in [1.54, 1.807) is 0 Å². The average molecular weight is 316 g/mol. The van der Waals surface area contributed by atoms with Crippen LogP contribution in [0.25, 0.3) is 10.9 Å². The third-order valence-electron chi connectivity index (χ3n) is 4.19. The molecule has 1 aromatic carbocycles. The largest absolute Gasteiger partial charge is 0.379 e. The van der Waals surface area contributed by atoms with Crippen molar-refractivity contribution in [3.05, 3.63) is 30.5 Å². The molecule has 0 aliphatic carbocycles. The van der Waals surface area contributed by atoms with Gasteiger partial charge in [-0.25, -0.2) is 4.79 Å². The molecule has 0 bridgehead atoms. The number of morpholine rings is 1. The maximum Gasteiger partial charge on any atom is 0.319 e. The molecule has 1 aliphatic rings. The smallest absolute Gasteiger partial charge is 0.319 e. The third kappa shape index (κ3) is 4.03. The summed E-state index contributed by atoms with van der Waals surface area (Å²) in [6, 6.07) is 7.91. The van der Waals surface area contributed by atoms with E-state index < -0.39 is 0 Å². The van der Waals surface area contributed by atoms with Gasteiger partial charge in [-0.05, 0) is 30.5 Å². The number of anilines is 1. The Labute approximate surface area is 136 Å². The summed E-state index contributed by atoms with van der Waals surface area (Å²) in [4.78, 5) is 14.3. The highest BCUT2D eigenvalue weighted by Crippen LogP contribution is 2.20. The van der Waals surface area contributed by atoms with Crippen LogP contribution in [0.1, 0.15) is 6.92 Å². The van der Waals surface area contributed by atoms with Gasteiger partial charge in [0.25, 0.3) is 0 Å². The summed E-state index contributed by atoms with van der Waals surface area (Å²) in [5, 5.41) is 7.00. The Morgan fingerprint density at radius 2 is 2.09 bits per heavy atom. The second-order valence-corrected chi connectivity index (χ2v) is 5.71. The molecule has 1 aliphatic heterocycles. The number of carbonyl (C=O) groups is 1. The lowest BCUT2D eigenvalue weighted by Gasteiger charge is -2.26. The summed E-state index contributed by atoms with van der Waals surface area (Å²) >= 11 is 0. The SMILES string of the molecule is CCn1ccc2ccc(NC(=O)NCCN3CCOCC3)cc21. The number of nitrogens with zero attached hydrogens (tertiary/aromatic N) is 2. The van der Waals surface area contributed by atoms with Gasteiger partial charge in [0, 0.05) is 44.6 Å². The second-order valence-electron chi connectivity index (χ2n) is 5.71. The fraction of sp³-hybridized carbons (Fsp3) is 0.471. The van der Waals surface area contributed by atoms with Crippen LogP contribution in [-0.4, -0.2) is 54.9 Å². The van der Waals surface area contributed by atoms with Crippen LogP contribution in [0.15, 0.2) is 30.5 Å². The van der Waals surface area contributed by atoms with Gasteiger partial charge in [0.1, 0.15) is 0 Å². The number of rotatable bonds is 5. The van der Waals surface area contributed by atoms with E-state index >= 15 is 0 Å². The minimum Gasteiger partial charge on any atom is -0.379 e. The van der Waals surface area contributed by atoms with Gasteiger partial charge in [0.05, 0.1) is 18.7 Å². The van der Waals surface area contributed by atoms with Crippen LogP contribution in [0, 0.1) is 0 Å².